The van der Waals surface area contributed by atoms with Crippen LogP contribution in [0.3, 0.4) is 0 Å². The lowest BCUT2D eigenvalue weighted by Crippen LogP contribution is -2.37. The van der Waals surface area contributed by atoms with E-state index in [1.807, 2.05) is 0 Å². The summed E-state index contributed by atoms with van der Waals surface area (Å²) in [5.74, 6) is -1.57. The number of carbonyl (C=O) groups excluding carboxylic acids is 1. The molecule has 8 heteroatoms. The van der Waals surface area contributed by atoms with Crippen LogP contribution in [0.5, 0.6) is 0 Å². The van der Waals surface area contributed by atoms with Gasteiger partial charge in [0, 0.05) is 24.7 Å². The van der Waals surface area contributed by atoms with Gasteiger partial charge in [0.05, 0.1) is 0 Å². The van der Waals surface area contributed by atoms with Crippen LogP contribution in [0.2, 0.25) is 0 Å². The molecular formula is C16H14F2N2O3S. The monoisotopic (exact) mass is 352 g/mol. The zero-order valence-electron chi connectivity index (χ0n) is 12.4. The normalized spacial score (nSPS) is 18.2. The summed E-state index contributed by atoms with van der Waals surface area (Å²) in [5, 5.41) is 0. The Morgan fingerprint density at radius 1 is 1.04 bits per heavy atom. The Morgan fingerprint density at radius 3 is 2.38 bits per heavy atom. The van der Waals surface area contributed by atoms with Crippen molar-refractivity contribution in [3.8, 4) is 0 Å². The van der Waals surface area contributed by atoms with Crippen LogP contribution in [0, 0.1) is 11.6 Å². The Balaban J connectivity index is 1.77. The standard InChI is InChI=1S/C16H14F2N2O3S/c17-11-5-7-13(8-6-11)20-10-12(9-16(20)21)19-24(22,23)15-4-2-1-3-14(15)18/h1-8,12,19H,9-10H2/t12-/m0/s1. The predicted molar refractivity (Wildman–Crippen MR) is 83.9 cm³/mol. The highest BCUT2D eigenvalue weighted by Gasteiger charge is 2.34. The zero-order chi connectivity index (χ0) is 17.3. The molecule has 2 aromatic rings. The van der Waals surface area contributed by atoms with E-state index in [4.69, 9.17) is 0 Å². The number of hydrogen-bond donors (Lipinski definition) is 1. The lowest BCUT2D eigenvalue weighted by Gasteiger charge is -2.17. The van der Waals surface area contributed by atoms with Gasteiger partial charge in [0.1, 0.15) is 16.5 Å². The molecule has 3 rings (SSSR count). The lowest BCUT2D eigenvalue weighted by atomic mass is 10.3. The van der Waals surface area contributed by atoms with Crippen LogP contribution in [-0.4, -0.2) is 26.9 Å². The molecule has 0 bridgehead atoms. The predicted octanol–water partition coefficient (Wildman–Crippen LogP) is 2.05. The van der Waals surface area contributed by atoms with Crippen LogP contribution >= 0.6 is 0 Å². The second-order valence-electron chi connectivity index (χ2n) is 5.43. The molecule has 1 saturated heterocycles. The summed E-state index contributed by atoms with van der Waals surface area (Å²) in [6.07, 6.45) is -0.0505. The highest BCUT2D eigenvalue weighted by Crippen LogP contribution is 2.23. The smallest absolute Gasteiger partial charge is 0.243 e. The summed E-state index contributed by atoms with van der Waals surface area (Å²) in [4.78, 5) is 13.0. The molecule has 24 heavy (non-hydrogen) atoms. The summed E-state index contributed by atoms with van der Waals surface area (Å²) in [6.45, 7) is 0.0954. The van der Waals surface area contributed by atoms with Gasteiger partial charge in [-0.15, -0.1) is 0 Å². The number of carbonyl (C=O) groups is 1. The third-order valence-electron chi connectivity index (χ3n) is 3.71. The van der Waals surface area contributed by atoms with Gasteiger partial charge in [-0.2, -0.15) is 0 Å². The summed E-state index contributed by atoms with van der Waals surface area (Å²) in [6, 6.07) is 9.67. The summed E-state index contributed by atoms with van der Waals surface area (Å²) in [7, 11) is -4.07. The molecule has 1 N–H and O–H groups in total. The number of halogens is 2. The molecule has 0 aliphatic carbocycles. The minimum atomic E-state index is -4.07. The van der Waals surface area contributed by atoms with E-state index < -0.39 is 32.6 Å². The van der Waals surface area contributed by atoms with Crippen molar-refractivity contribution in [1.29, 1.82) is 0 Å². The molecule has 126 valence electrons. The quantitative estimate of drug-likeness (QED) is 0.916. The van der Waals surface area contributed by atoms with Gasteiger partial charge < -0.3 is 4.90 Å². The van der Waals surface area contributed by atoms with Gasteiger partial charge >= 0.3 is 0 Å². The second kappa shape index (κ2) is 6.29. The maximum Gasteiger partial charge on any atom is 0.243 e. The number of anilines is 1. The third kappa shape index (κ3) is 3.29. The molecule has 0 unspecified atom stereocenters. The number of sulfonamides is 1. The Morgan fingerprint density at radius 2 is 1.71 bits per heavy atom. The number of nitrogens with zero attached hydrogens (tertiary/aromatic N) is 1. The van der Waals surface area contributed by atoms with E-state index in [9.17, 15) is 22.0 Å². The number of rotatable bonds is 4. The number of benzene rings is 2. The molecule has 1 atom stereocenters. The van der Waals surface area contributed by atoms with E-state index in [0.29, 0.717) is 5.69 Å². The maximum absolute atomic E-state index is 13.7. The molecule has 1 amide bonds. The average Bonchev–Trinajstić information content (AvgIpc) is 2.88. The van der Waals surface area contributed by atoms with E-state index in [1.54, 1.807) is 0 Å². The third-order valence-corrected chi connectivity index (χ3v) is 5.27. The highest BCUT2D eigenvalue weighted by molar-refractivity contribution is 7.89. The van der Waals surface area contributed by atoms with Crippen molar-refractivity contribution < 1.29 is 22.0 Å². The topological polar surface area (TPSA) is 66.5 Å². The van der Waals surface area contributed by atoms with E-state index in [2.05, 4.69) is 4.72 Å². The fraction of sp³-hybridized carbons (Fsp3) is 0.188. The molecule has 0 radical (unpaired) electrons. The van der Waals surface area contributed by atoms with Crippen molar-refractivity contribution in [3.05, 3.63) is 60.2 Å². The Bertz CT molecular complexity index is 869. The van der Waals surface area contributed by atoms with Gasteiger partial charge in [-0.1, -0.05) is 12.1 Å². The SMILES string of the molecule is O=C1C[C@H](NS(=O)(=O)c2ccccc2F)CN1c1ccc(F)cc1. The van der Waals surface area contributed by atoms with Crippen molar-refractivity contribution in [2.24, 2.45) is 0 Å². The zero-order valence-corrected chi connectivity index (χ0v) is 13.3. The van der Waals surface area contributed by atoms with Crippen molar-refractivity contribution >= 4 is 21.6 Å². The van der Waals surface area contributed by atoms with Crippen molar-refractivity contribution in [3.63, 3.8) is 0 Å². The Kier molecular flexibility index (Phi) is 4.33. The van der Waals surface area contributed by atoms with Gasteiger partial charge in [0.2, 0.25) is 15.9 Å². The minimum absolute atomic E-state index is 0.0505. The van der Waals surface area contributed by atoms with Gasteiger partial charge in [0.15, 0.2) is 0 Å². The van der Waals surface area contributed by atoms with E-state index >= 15 is 0 Å². The summed E-state index contributed by atoms with van der Waals surface area (Å²) >= 11 is 0. The average molecular weight is 352 g/mol. The van der Waals surface area contributed by atoms with E-state index in [-0.39, 0.29) is 18.9 Å². The van der Waals surface area contributed by atoms with E-state index in [1.165, 1.54) is 41.3 Å². The first-order chi connectivity index (χ1) is 11.4. The molecule has 1 heterocycles. The second-order valence-corrected chi connectivity index (χ2v) is 7.12. The molecular weight excluding hydrogens is 338 g/mol. The van der Waals surface area contributed by atoms with Crippen molar-refractivity contribution in [2.75, 3.05) is 11.4 Å². The van der Waals surface area contributed by atoms with Crippen LogP contribution in [0.4, 0.5) is 14.5 Å². The number of hydrogen-bond acceptors (Lipinski definition) is 3. The van der Waals surface area contributed by atoms with Gasteiger partial charge in [-0.25, -0.2) is 21.9 Å². The fourth-order valence-corrected chi connectivity index (χ4v) is 3.91. The first-order valence-electron chi connectivity index (χ1n) is 7.19. The molecule has 1 aliphatic heterocycles. The Hall–Kier alpha value is -2.32. The molecule has 1 aliphatic rings. The molecule has 0 saturated carbocycles. The molecule has 5 nitrogen and oxygen atoms in total. The van der Waals surface area contributed by atoms with Crippen molar-refractivity contribution in [2.45, 2.75) is 17.4 Å². The lowest BCUT2D eigenvalue weighted by molar-refractivity contribution is -0.117. The minimum Gasteiger partial charge on any atom is -0.311 e. The number of nitrogens with one attached hydrogen (secondary N) is 1. The molecule has 0 aromatic heterocycles. The van der Waals surface area contributed by atoms with Crippen LogP contribution < -0.4 is 9.62 Å². The van der Waals surface area contributed by atoms with Gasteiger partial charge in [-0.05, 0) is 36.4 Å². The van der Waals surface area contributed by atoms with Crippen molar-refractivity contribution in [1.82, 2.24) is 4.72 Å². The largest absolute Gasteiger partial charge is 0.311 e. The molecule has 2 aromatic carbocycles. The van der Waals surface area contributed by atoms with Gasteiger partial charge in [-0.3, -0.25) is 4.79 Å². The van der Waals surface area contributed by atoms with E-state index in [0.717, 1.165) is 12.1 Å². The van der Waals surface area contributed by atoms with Crippen LogP contribution in [-0.2, 0) is 14.8 Å². The Labute approximate surface area is 138 Å². The van der Waals surface area contributed by atoms with Crippen LogP contribution in [0.15, 0.2) is 53.4 Å². The van der Waals surface area contributed by atoms with Crippen LogP contribution in [0.25, 0.3) is 0 Å². The maximum atomic E-state index is 13.7. The summed E-state index contributed by atoms with van der Waals surface area (Å²) in [5.41, 5.74) is 0.481. The number of amides is 1. The first kappa shape index (κ1) is 16.5. The fourth-order valence-electron chi connectivity index (χ4n) is 2.60. The summed E-state index contributed by atoms with van der Waals surface area (Å²) < 4.78 is 53.5. The van der Waals surface area contributed by atoms with Gasteiger partial charge in [0.25, 0.3) is 0 Å². The van der Waals surface area contributed by atoms with Crippen LogP contribution in [0.1, 0.15) is 6.42 Å². The first-order valence-corrected chi connectivity index (χ1v) is 8.68. The highest BCUT2D eigenvalue weighted by atomic mass is 32.2. The molecule has 1 fully saturated rings. The molecule has 0 spiro atoms.